The van der Waals surface area contributed by atoms with Gasteiger partial charge >= 0.3 is 0 Å². The third kappa shape index (κ3) is 4.80. The van der Waals surface area contributed by atoms with Gasteiger partial charge in [0, 0.05) is 24.8 Å². The predicted octanol–water partition coefficient (Wildman–Crippen LogP) is 2.51. The Morgan fingerprint density at radius 1 is 1.24 bits per heavy atom. The number of benzene rings is 1. The summed E-state index contributed by atoms with van der Waals surface area (Å²) in [5.41, 5.74) is 4.99. The molecule has 1 saturated heterocycles. The zero-order chi connectivity index (χ0) is 21.3. The lowest BCUT2D eigenvalue weighted by molar-refractivity contribution is -0.132. The largest absolute Gasteiger partial charge is 0.484 e. The number of ether oxygens (including phenoxy) is 1. The first-order chi connectivity index (χ1) is 13.6. The van der Waals surface area contributed by atoms with Gasteiger partial charge < -0.3 is 9.64 Å². The number of aromatic nitrogens is 2. The molecule has 0 unspecified atom stereocenters. The van der Waals surface area contributed by atoms with Gasteiger partial charge in [0.25, 0.3) is 5.91 Å². The lowest BCUT2D eigenvalue weighted by Gasteiger charge is -2.18. The van der Waals surface area contributed by atoms with Crippen LogP contribution >= 0.6 is 0 Å². The van der Waals surface area contributed by atoms with Crippen LogP contribution in [-0.4, -0.2) is 54.2 Å². The molecule has 2 heterocycles. The zero-order valence-corrected chi connectivity index (χ0v) is 18.5. The first-order valence-electron chi connectivity index (χ1n) is 9.76. The summed E-state index contributed by atoms with van der Waals surface area (Å²) in [6, 6.07) is 5.64. The average Bonchev–Trinajstić information content (AvgIpc) is 3.15. The number of hydrogen-bond acceptors (Lipinski definition) is 5. The van der Waals surface area contributed by atoms with Crippen LogP contribution < -0.4 is 4.74 Å². The first-order valence-corrected chi connectivity index (χ1v) is 11.6. The summed E-state index contributed by atoms with van der Waals surface area (Å²) < 4.78 is 31.1. The minimum Gasteiger partial charge on any atom is -0.484 e. The number of aryl methyl sites for hydroxylation is 3. The minimum absolute atomic E-state index is 0.0356. The van der Waals surface area contributed by atoms with E-state index in [1.54, 1.807) is 11.9 Å². The molecule has 0 radical (unpaired) electrons. The second kappa shape index (κ2) is 8.18. The van der Waals surface area contributed by atoms with Crippen LogP contribution in [0.4, 0.5) is 0 Å². The second-order valence-electron chi connectivity index (χ2n) is 7.94. The summed E-state index contributed by atoms with van der Waals surface area (Å²) in [5.74, 6) is 0.891. The van der Waals surface area contributed by atoms with Crippen LogP contribution in [0.2, 0.25) is 0 Å². The number of nitrogens with zero attached hydrogens (tertiary/aromatic N) is 3. The first kappa shape index (κ1) is 21.4. The average molecular weight is 420 g/mol. The molecular weight excluding hydrogens is 390 g/mol. The highest BCUT2D eigenvalue weighted by molar-refractivity contribution is 7.91. The summed E-state index contributed by atoms with van der Waals surface area (Å²) in [6.07, 6.45) is 0.586. The van der Waals surface area contributed by atoms with Gasteiger partial charge in [-0.1, -0.05) is 6.07 Å². The van der Waals surface area contributed by atoms with Gasteiger partial charge in [0.15, 0.2) is 16.4 Å². The number of amides is 1. The summed E-state index contributed by atoms with van der Waals surface area (Å²) in [6.45, 7) is 8.24. The van der Waals surface area contributed by atoms with Crippen LogP contribution in [-0.2, 0) is 21.2 Å². The molecule has 1 fully saturated rings. The molecule has 0 aliphatic carbocycles. The van der Waals surface area contributed by atoms with E-state index in [0.29, 0.717) is 18.7 Å². The maximum atomic E-state index is 12.5. The van der Waals surface area contributed by atoms with Gasteiger partial charge in [-0.2, -0.15) is 5.10 Å². The van der Waals surface area contributed by atoms with Crippen LogP contribution in [0.25, 0.3) is 0 Å². The van der Waals surface area contributed by atoms with Crippen molar-refractivity contribution in [2.75, 3.05) is 25.2 Å². The van der Waals surface area contributed by atoms with Crippen molar-refractivity contribution in [3.8, 4) is 5.75 Å². The van der Waals surface area contributed by atoms with Crippen LogP contribution in [0.3, 0.4) is 0 Å². The molecule has 1 aliphatic heterocycles. The van der Waals surface area contributed by atoms with Crippen molar-refractivity contribution in [1.29, 1.82) is 0 Å². The third-order valence-electron chi connectivity index (χ3n) is 5.69. The van der Waals surface area contributed by atoms with E-state index in [-0.39, 0.29) is 30.1 Å². The fourth-order valence-electron chi connectivity index (χ4n) is 3.63. The fourth-order valence-corrected chi connectivity index (χ4v) is 5.33. The van der Waals surface area contributed by atoms with E-state index in [0.717, 1.165) is 22.5 Å². The third-order valence-corrected chi connectivity index (χ3v) is 7.44. The van der Waals surface area contributed by atoms with Gasteiger partial charge in [0.1, 0.15) is 5.75 Å². The molecule has 0 saturated carbocycles. The van der Waals surface area contributed by atoms with Crippen molar-refractivity contribution in [2.24, 2.45) is 0 Å². The molecule has 0 bridgehead atoms. The van der Waals surface area contributed by atoms with Crippen molar-refractivity contribution in [1.82, 2.24) is 14.7 Å². The maximum absolute atomic E-state index is 12.5. The lowest BCUT2D eigenvalue weighted by Crippen LogP contribution is -2.31. The van der Waals surface area contributed by atoms with Crippen LogP contribution in [0.5, 0.6) is 5.75 Å². The number of rotatable bonds is 6. The van der Waals surface area contributed by atoms with E-state index in [1.165, 1.54) is 5.56 Å². The van der Waals surface area contributed by atoms with Gasteiger partial charge in [0.2, 0.25) is 0 Å². The van der Waals surface area contributed by atoms with E-state index in [2.05, 4.69) is 5.10 Å². The molecule has 158 valence electrons. The van der Waals surface area contributed by atoms with Crippen molar-refractivity contribution in [2.45, 2.75) is 46.7 Å². The van der Waals surface area contributed by atoms with Crippen molar-refractivity contribution in [3.05, 3.63) is 46.3 Å². The molecule has 2 aromatic rings. The SMILES string of the molecule is Cc1ccc(OCC(=O)N(C)Cc2c(C)nn([C@H]3CCS(=O)(=O)C3)c2C)cc1C. The fraction of sp³-hybridized carbons (Fsp3) is 0.524. The van der Waals surface area contributed by atoms with Crippen molar-refractivity contribution in [3.63, 3.8) is 0 Å². The summed E-state index contributed by atoms with van der Waals surface area (Å²) >= 11 is 0. The standard InChI is InChI=1S/C21H29N3O4S/c1-14-6-7-19(10-15(14)2)28-12-21(25)23(5)11-20-16(3)22-24(17(20)4)18-8-9-29(26,27)13-18/h6-7,10,18H,8-9,11-13H2,1-5H3/t18-/m0/s1. The Balaban J connectivity index is 1.64. The van der Waals surface area contributed by atoms with Gasteiger partial charge in [0.05, 0.1) is 23.2 Å². The van der Waals surface area contributed by atoms with E-state index in [9.17, 15) is 13.2 Å². The van der Waals surface area contributed by atoms with E-state index in [4.69, 9.17) is 4.74 Å². The maximum Gasteiger partial charge on any atom is 0.260 e. The highest BCUT2D eigenvalue weighted by Gasteiger charge is 2.31. The Kier molecular flexibility index (Phi) is 6.03. The summed E-state index contributed by atoms with van der Waals surface area (Å²) in [5, 5.41) is 4.56. The Bertz CT molecular complexity index is 1030. The molecule has 1 amide bonds. The Hall–Kier alpha value is -2.35. The zero-order valence-electron chi connectivity index (χ0n) is 17.7. The molecule has 1 aromatic carbocycles. The van der Waals surface area contributed by atoms with Crippen LogP contribution in [0.15, 0.2) is 18.2 Å². The van der Waals surface area contributed by atoms with Gasteiger partial charge in [-0.05, 0) is 57.4 Å². The van der Waals surface area contributed by atoms with Crippen LogP contribution in [0.1, 0.15) is 40.5 Å². The predicted molar refractivity (Wildman–Crippen MR) is 112 cm³/mol. The lowest BCUT2D eigenvalue weighted by atomic mass is 10.1. The smallest absolute Gasteiger partial charge is 0.260 e. The van der Waals surface area contributed by atoms with E-state index < -0.39 is 9.84 Å². The van der Waals surface area contributed by atoms with Gasteiger partial charge in [-0.15, -0.1) is 0 Å². The topological polar surface area (TPSA) is 81.5 Å². The number of likely N-dealkylation sites (N-methyl/N-ethyl adjacent to an activating group) is 1. The molecule has 1 aromatic heterocycles. The van der Waals surface area contributed by atoms with Crippen molar-refractivity contribution < 1.29 is 17.9 Å². The molecule has 3 rings (SSSR count). The molecule has 7 nitrogen and oxygen atoms in total. The molecule has 29 heavy (non-hydrogen) atoms. The highest BCUT2D eigenvalue weighted by Crippen LogP contribution is 2.27. The van der Waals surface area contributed by atoms with Gasteiger partial charge in [-0.25, -0.2) is 8.42 Å². The molecule has 0 spiro atoms. The molecule has 8 heteroatoms. The number of carbonyl (C=O) groups is 1. The number of hydrogen-bond donors (Lipinski definition) is 0. The number of sulfone groups is 1. The van der Waals surface area contributed by atoms with E-state index >= 15 is 0 Å². The molecular formula is C21H29N3O4S. The van der Waals surface area contributed by atoms with Gasteiger partial charge in [-0.3, -0.25) is 9.48 Å². The monoisotopic (exact) mass is 419 g/mol. The van der Waals surface area contributed by atoms with Crippen molar-refractivity contribution >= 4 is 15.7 Å². The Morgan fingerprint density at radius 3 is 2.59 bits per heavy atom. The molecule has 1 atom stereocenters. The minimum atomic E-state index is -2.98. The normalized spacial score (nSPS) is 18.0. The Labute approximate surface area is 172 Å². The van der Waals surface area contributed by atoms with E-state index in [1.807, 2.05) is 50.6 Å². The molecule has 1 aliphatic rings. The quantitative estimate of drug-likeness (QED) is 0.719. The summed E-state index contributed by atoms with van der Waals surface area (Å²) in [4.78, 5) is 14.2. The molecule has 0 N–H and O–H groups in total. The number of carbonyl (C=O) groups excluding carboxylic acids is 1. The Morgan fingerprint density at radius 2 is 1.97 bits per heavy atom. The summed E-state index contributed by atoms with van der Waals surface area (Å²) in [7, 11) is -1.24. The van der Waals surface area contributed by atoms with Crippen LogP contribution in [0, 0.1) is 27.7 Å². The highest BCUT2D eigenvalue weighted by atomic mass is 32.2. The second-order valence-corrected chi connectivity index (χ2v) is 10.2.